The molecule has 0 aromatic heterocycles. The van der Waals surface area contributed by atoms with Gasteiger partial charge in [0.25, 0.3) is 0 Å². The van der Waals surface area contributed by atoms with Gasteiger partial charge in [0.1, 0.15) is 11.5 Å². The molecular weight excluding hydrogens is 376 g/mol. The summed E-state index contributed by atoms with van der Waals surface area (Å²) in [4.78, 5) is 11.0. The van der Waals surface area contributed by atoms with Crippen LogP contribution in [0.5, 0.6) is 11.5 Å². The lowest BCUT2D eigenvalue weighted by atomic mass is 10.1. The number of rotatable bonds is 14. The molecule has 4 nitrogen and oxygen atoms in total. The number of benzene rings is 2. The summed E-state index contributed by atoms with van der Waals surface area (Å²) in [6, 6.07) is 16.2. The van der Waals surface area contributed by atoms with Crippen LogP contribution in [0.1, 0.15) is 52.4 Å². The second-order valence-electron chi connectivity index (χ2n) is 7.40. The van der Waals surface area contributed by atoms with Gasteiger partial charge in [-0.1, -0.05) is 57.0 Å². The molecule has 0 spiro atoms. The van der Waals surface area contributed by atoms with E-state index >= 15 is 0 Å². The summed E-state index contributed by atoms with van der Waals surface area (Å²) in [6.45, 7) is 8.55. The Labute approximate surface area is 180 Å². The fourth-order valence-electron chi connectivity index (χ4n) is 3.10. The molecule has 0 saturated heterocycles. The highest BCUT2D eigenvalue weighted by atomic mass is 16.5. The van der Waals surface area contributed by atoms with E-state index in [1.165, 1.54) is 25.7 Å². The van der Waals surface area contributed by atoms with Crippen LogP contribution in [0.15, 0.2) is 61.2 Å². The summed E-state index contributed by atoms with van der Waals surface area (Å²) in [5, 5.41) is 0. The highest BCUT2D eigenvalue weighted by Gasteiger charge is 2.05. The van der Waals surface area contributed by atoms with Gasteiger partial charge in [0.15, 0.2) is 0 Å². The van der Waals surface area contributed by atoms with E-state index in [1.54, 1.807) is 0 Å². The topological polar surface area (TPSA) is 44.8 Å². The van der Waals surface area contributed by atoms with Crippen LogP contribution in [-0.2, 0) is 9.53 Å². The summed E-state index contributed by atoms with van der Waals surface area (Å²) in [7, 11) is 0. The minimum Gasteiger partial charge on any atom is -0.493 e. The van der Waals surface area contributed by atoms with Gasteiger partial charge < -0.3 is 14.2 Å². The van der Waals surface area contributed by atoms with Gasteiger partial charge in [-0.05, 0) is 55.2 Å². The molecule has 30 heavy (non-hydrogen) atoms. The maximum absolute atomic E-state index is 11.0. The van der Waals surface area contributed by atoms with E-state index in [0.717, 1.165) is 35.1 Å². The highest BCUT2D eigenvalue weighted by Crippen LogP contribution is 2.25. The molecule has 1 atom stereocenters. The minimum atomic E-state index is -0.405. The number of esters is 1. The molecule has 2 aromatic carbocycles. The van der Waals surface area contributed by atoms with Gasteiger partial charge in [0.2, 0.25) is 0 Å². The zero-order chi connectivity index (χ0) is 21.6. The Bertz CT molecular complexity index is 750. The van der Waals surface area contributed by atoms with Crippen molar-refractivity contribution < 1.29 is 19.0 Å². The first-order chi connectivity index (χ1) is 14.6. The lowest BCUT2D eigenvalue weighted by molar-refractivity contribution is -0.137. The third-order valence-electron chi connectivity index (χ3n) is 4.81. The van der Waals surface area contributed by atoms with Gasteiger partial charge in [0, 0.05) is 12.5 Å². The molecule has 0 aliphatic heterocycles. The van der Waals surface area contributed by atoms with Gasteiger partial charge in [-0.15, -0.1) is 0 Å². The maximum Gasteiger partial charge on any atom is 0.330 e. The van der Waals surface area contributed by atoms with Crippen molar-refractivity contribution >= 4 is 5.97 Å². The molecule has 2 rings (SSSR count). The first kappa shape index (κ1) is 23.5. The Morgan fingerprint density at radius 2 is 1.53 bits per heavy atom. The fraction of sp³-hybridized carbons (Fsp3) is 0.423. The lowest BCUT2D eigenvalue weighted by Crippen LogP contribution is -2.11. The van der Waals surface area contributed by atoms with Gasteiger partial charge in [-0.2, -0.15) is 0 Å². The molecule has 1 unspecified atom stereocenters. The summed E-state index contributed by atoms with van der Waals surface area (Å²) < 4.78 is 16.6. The molecule has 0 bridgehead atoms. The molecule has 162 valence electrons. The summed E-state index contributed by atoms with van der Waals surface area (Å²) >= 11 is 0. The van der Waals surface area contributed by atoms with Crippen LogP contribution in [0.2, 0.25) is 0 Å². The van der Waals surface area contributed by atoms with E-state index < -0.39 is 5.97 Å². The molecule has 0 fully saturated rings. The zero-order valence-electron chi connectivity index (χ0n) is 18.3. The molecule has 0 heterocycles. The standard InChI is InChI=1S/C26H34O4/c1-4-6-7-8-10-21(3)30-25-17-13-23(14-18-25)22-11-15-24(16-12-22)28-19-9-20-29-26(27)5-2/h5,11-18,21H,2,4,6-10,19-20H2,1,3H3. The van der Waals surface area contributed by atoms with Crippen molar-refractivity contribution in [2.45, 2.75) is 58.5 Å². The Hall–Kier alpha value is -2.75. The molecule has 0 radical (unpaired) electrons. The van der Waals surface area contributed by atoms with Gasteiger partial charge in [-0.3, -0.25) is 0 Å². The molecule has 0 amide bonds. The van der Waals surface area contributed by atoms with Crippen LogP contribution in [0, 0.1) is 0 Å². The Kier molecular flexibility index (Phi) is 10.6. The summed E-state index contributed by atoms with van der Waals surface area (Å²) in [5.74, 6) is 1.31. The first-order valence-corrected chi connectivity index (χ1v) is 10.9. The van der Waals surface area contributed by atoms with Crippen molar-refractivity contribution in [3.63, 3.8) is 0 Å². The summed E-state index contributed by atoms with van der Waals surface area (Å²) in [5.41, 5.74) is 2.27. The van der Waals surface area contributed by atoms with Crippen molar-refractivity contribution in [3.05, 3.63) is 61.2 Å². The average molecular weight is 411 g/mol. The molecule has 0 aliphatic carbocycles. The number of unbranched alkanes of at least 4 members (excludes halogenated alkanes) is 3. The molecular formula is C26H34O4. The zero-order valence-corrected chi connectivity index (χ0v) is 18.3. The van der Waals surface area contributed by atoms with Crippen molar-refractivity contribution in [2.24, 2.45) is 0 Å². The molecule has 0 aliphatic rings. The average Bonchev–Trinajstić information content (AvgIpc) is 2.77. The van der Waals surface area contributed by atoms with Crippen molar-refractivity contribution in [1.82, 2.24) is 0 Å². The van der Waals surface area contributed by atoms with Crippen molar-refractivity contribution in [2.75, 3.05) is 13.2 Å². The van der Waals surface area contributed by atoms with E-state index in [1.807, 2.05) is 36.4 Å². The Morgan fingerprint density at radius 1 is 0.900 bits per heavy atom. The smallest absolute Gasteiger partial charge is 0.330 e. The van der Waals surface area contributed by atoms with Crippen molar-refractivity contribution in [1.29, 1.82) is 0 Å². The van der Waals surface area contributed by atoms with Crippen molar-refractivity contribution in [3.8, 4) is 22.6 Å². The van der Waals surface area contributed by atoms with E-state index in [2.05, 4.69) is 32.6 Å². The third kappa shape index (κ3) is 8.73. The molecule has 0 saturated carbocycles. The maximum atomic E-state index is 11.0. The highest BCUT2D eigenvalue weighted by molar-refractivity contribution is 5.81. The van der Waals surface area contributed by atoms with Crippen LogP contribution in [0.3, 0.4) is 0 Å². The van der Waals surface area contributed by atoms with E-state index in [4.69, 9.17) is 14.2 Å². The first-order valence-electron chi connectivity index (χ1n) is 10.9. The van der Waals surface area contributed by atoms with Crippen LogP contribution in [0.25, 0.3) is 11.1 Å². The SMILES string of the molecule is C=CC(=O)OCCCOc1ccc(-c2ccc(OC(C)CCCCCC)cc2)cc1. The quantitative estimate of drug-likeness (QED) is 0.200. The van der Waals surface area contributed by atoms with Crippen LogP contribution in [-0.4, -0.2) is 25.3 Å². The molecule has 4 heteroatoms. The van der Waals surface area contributed by atoms with Crippen LogP contribution < -0.4 is 9.47 Å². The number of hydrogen-bond donors (Lipinski definition) is 0. The normalized spacial score (nSPS) is 11.5. The number of hydrogen-bond acceptors (Lipinski definition) is 4. The number of ether oxygens (including phenoxy) is 3. The number of carbonyl (C=O) groups is 1. The van der Waals surface area contributed by atoms with Crippen LogP contribution in [0.4, 0.5) is 0 Å². The Morgan fingerprint density at radius 3 is 2.13 bits per heavy atom. The lowest BCUT2D eigenvalue weighted by Gasteiger charge is -2.15. The van der Waals surface area contributed by atoms with E-state index in [-0.39, 0.29) is 6.10 Å². The van der Waals surface area contributed by atoms with E-state index in [9.17, 15) is 4.79 Å². The monoisotopic (exact) mass is 410 g/mol. The van der Waals surface area contributed by atoms with E-state index in [0.29, 0.717) is 19.6 Å². The summed E-state index contributed by atoms with van der Waals surface area (Å²) in [6.07, 6.45) is 8.21. The van der Waals surface area contributed by atoms with Gasteiger partial charge >= 0.3 is 5.97 Å². The predicted octanol–water partition coefficient (Wildman–Crippen LogP) is 6.59. The second-order valence-corrected chi connectivity index (χ2v) is 7.40. The predicted molar refractivity (Wildman–Crippen MR) is 122 cm³/mol. The molecule has 2 aromatic rings. The largest absolute Gasteiger partial charge is 0.493 e. The van der Waals surface area contributed by atoms with Gasteiger partial charge in [0.05, 0.1) is 19.3 Å². The van der Waals surface area contributed by atoms with Gasteiger partial charge in [-0.25, -0.2) is 4.79 Å². The minimum absolute atomic E-state index is 0.240. The fourth-order valence-corrected chi connectivity index (χ4v) is 3.10. The number of carbonyl (C=O) groups excluding carboxylic acids is 1. The van der Waals surface area contributed by atoms with Crippen LogP contribution >= 0.6 is 0 Å². The second kappa shape index (κ2) is 13.5. The Balaban J connectivity index is 1.76. The third-order valence-corrected chi connectivity index (χ3v) is 4.81. The molecule has 0 N–H and O–H groups in total.